The molecule has 2 heterocycles. The highest BCUT2D eigenvalue weighted by atomic mass is 35.5. The number of hydrogen-bond donors (Lipinski definition) is 0. The van der Waals surface area contributed by atoms with Crippen molar-refractivity contribution in [3.05, 3.63) is 46.4 Å². The van der Waals surface area contributed by atoms with E-state index < -0.39 is 0 Å². The van der Waals surface area contributed by atoms with Gasteiger partial charge in [-0.1, -0.05) is 23.5 Å². The van der Waals surface area contributed by atoms with Gasteiger partial charge in [0.25, 0.3) is 5.56 Å². The average molecular weight is 279 g/mol. The highest BCUT2D eigenvalue weighted by Crippen LogP contribution is 2.23. The maximum Gasteiger partial charge on any atom is 0.262 e. The molecule has 0 N–H and O–H groups in total. The minimum absolute atomic E-state index is 0.00931. The number of aromatic nitrogens is 2. The summed E-state index contributed by atoms with van der Waals surface area (Å²) in [5.74, 6) is 0. The van der Waals surface area contributed by atoms with Gasteiger partial charge in [0, 0.05) is 17.1 Å². The molecule has 1 unspecified atom stereocenters. The van der Waals surface area contributed by atoms with Gasteiger partial charge in [0.05, 0.1) is 10.2 Å². The van der Waals surface area contributed by atoms with Gasteiger partial charge in [-0.2, -0.15) is 0 Å². The van der Waals surface area contributed by atoms with Crippen LogP contribution in [0.25, 0.3) is 15.2 Å². The maximum absolute atomic E-state index is 12.4. The van der Waals surface area contributed by atoms with Gasteiger partial charge < -0.3 is 0 Å². The summed E-state index contributed by atoms with van der Waals surface area (Å²) in [6.07, 6.45) is 2.19. The molecule has 0 aliphatic carbocycles. The first-order valence-electron chi connectivity index (χ1n) is 5.69. The van der Waals surface area contributed by atoms with Crippen molar-refractivity contribution in [3.63, 3.8) is 0 Å². The lowest BCUT2D eigenvalue weighted by Gasteiger charge is -2.02. The first kappa shape index (κ1) is 11.7. The summed E-state index contributed by atoms with van der Waals surface area (Å²) in [7, 11) is 0. The van der Waals surface area contributed by atoms with E-state index in [9.17, 15) is 4.79 Å². The Morgan fingerprint density at radius 1 is 1.44 bits per heavy atom. The number of hydrogen-bond acceptors (Lipinski definition) is 3. The van der Waals surface area contributed by atoms with Crippen molar-refractivity contribution in [2.45, 2.75) is 18.7 Å². The third-order valence-corrected chi connectivity index (χ3v) is 4.00. The second kappa shape index (κ2) is 4.37. The standard InChI is InChI=1S/C13H11ClN2OS/c1-8(14)6-9-7-15-13-16(12(9)17)10-4-2-3-5-11(10)18-13/h2-5,7-8H,6H2,1H3. The Bertz CT molecular complexity index is 775. The predicted molar refractivity (Wildman–Crippen MR) is 75.9 cm³/mol. The predicted octanol–water partition coefficient (Wildman–Crippen LogP) is 3.08. The highest BCUT2D eigenvalue weighted by Gasteiger charge is 2.11. The quantitative estimate of drug-likeness (QED) is 0.675. The molecule has 0 amide bonds. The van der Waals surface area contributed by atoms with E-state index in [-0.39, 0.29) is 10.9 Å². The summed E-state index contributed by atoms with van der Waals surface area (Å²) in [5.41, 5.74) is 1.57. The largest absolute Gasteiger partial charge is 0.269 e. The second-order valence-corrected chi connectivity index (χ2v) is 6.02. The lowest BCUT2D eigenvalue weighted by Crippen LogP contribution is -2.20. The molecule has 3 aromatic rings. The molecule has 0 saturated carbocycles. The van der Waals surface area contributed by atoms with Crippen LogP contribution >= 0.6 is 22.9 Å². The minimum Gasteiger partial charge on any atom is -0.269 e. The molecule has 0 spiro atoms. The minimum atomic E-state index is -0.0672. The first-order valence-corrected chi connectivity index (χ1v) is 6.94. The summed E-state index contributed by atoms with van der Waals surface area (Å²) in [5, 5.41) is -0.0672. The van der Waals surface area contributed by atoms with Crippen molar-refractivity contribution in [1.29, 1.82) is 0 Å². The number of thiazole rings is 1. The van der Waals surface area contributed by atoms with Crippen molar-refractivity contribution in [3.8, 4) is 0 Å². The van der Waals surface area contributed by atoms with E-state index in [1.54, 1.807) is 10.6 Å². The van der Waals surface area contributed by atoms with E-state index in [1.807, 2.05) is 31.2 Å². The lowest BCUT2D eigenvalue weighted by molar-refractivity contribution is 0.892. The monoisotopic (exact) mass is 278 g/mol. The van der Waals surface area contributed by atoms with Crippen molar-refractivity contribution in [1.82, 2.24) is 9.38 Å². The molecule has 0 bridgehead atoms. The van der Waals surface area contributed by atoms with Crippen LogP contribution in [0.3, 0.4) is 0 Å². The zero-order valence-electron chi connectivity index (χ0n) is 9.76. The topological polar surface area (TPSA) is 34.4 Å². The number of halogens is 1. The van der Waals surface area contributed by atoms with E-state index in [2.05, 4.69) is 4.98 Å². The molecule has 3 nitrogen and oxygen atoms in total. The molecule has 92 valence electrons. The van der Waals surface area contributed by atoms with Crippen LogP contribution in [0.1, 0.15) is 12.5 Å². The van der Waals surface area contributed by atoms with Crippen LogP contribution in [-0.2, 0) is 6.42 Å². The lowest BCUT2D eigenvalue weighted by atomic mass is 10.2. The van der Waals surface area contributed by atoms with Gasteiger partial charge in [0.15, 0.2) is 4.96 Å². The third-order valence-electron chi connectivity index (χ3n) is 2.81. The normalized spacial score (nSPS) is 13.2. The molecule has 0 saturated heterocycles. The molecule has 0 fully saturated rings. The van der Waals surface area contributed by atoms with Gasteiger partial charge >= 0.3 is 0 Å². The van der Waals surface area contributed by atoms with E-state index in [0.29, 0.717) is 12.0 Å². The Kier molecular flexibility index (Phi) is 2.84. The highest BCUT2D eigenvalue weighted by molar-refractivity contribution is 7.23. The molecule has 5 heteroatoms. The molecule has 2 aromatic heterocycles. The van der Waals surface area contributed by atoms with E-state index in [1.165, 1.54) is 11.3 Å². The number of benzene rings is 1. The summed E-state index contributed by atoms with van der Waals surface area (Å²) in [4.78, 5) is 17.5. The number of rotatable bonds is 2. The smallest absolute Gasteiger partial charge is 0.262 e. The van der Waals surface area contributed by atoms with Crippen LogP contribution in [0, 0.1) is 0 Å². The SMILES string of the molecule is CC(Cl)Cc1cnc2sc3ccccc3n2c1=O. The molecule has 1 atom stereocenters. The fourth-order valence-corrected chi connectivity index (χ4v) is 3.18. The third kappa shape index (κ3) is 1.82. The molecule has 0 aliphatic heterocycles. The van der Waals surface area contributed by atoms with Crippen LogP contribution in [0.5, 0.6) is 0 Å². The van der Waals surface area contributed by atoms with Gasteiger partial charge in [-0.3, -0.25) is 9.20 Å². The summed E-state index contributed by atoms with van der Waals surface area (Å²) >= 11 is 7.48. The van der Waals surface area contributed by atoms with Crippen LogP contribution in [0.2, 0.25) is 0 Å². The summed E-state index contributed by atoms with van der Waals surface area (Å²) in [6.45, 7) is 1.88. The fourth-order valence-electron chi connectivity index (χ4n) is 2.03. The van der Waals surface area contributed by atoms with Gasteiger partial charge in [-0.25, -0.2) is 4.98 Å². The Hall–Kier alpha value is -1.39. The molecule has 3 rings (SSSR count). The van der Waals surface area contributed by atoms with Crippen LogP contribution < -0.4 is 5.56 Å². The Morgan fingerprint density at radius 2 is 2.22 bits per heavy atom. The van der Waals surface area contributed by atoms with Crippen molar-refractivity contribution in [2.75, 3.05) is 0 Å². The van der Waals surface area contributed by atoms with Gasteiger partial charge in [-0.15, -0.1) is 11.6 Å². The second-order valence-electron chi connectivity index (χ2n) is 4.26. The van der Waals surface area contributed by atoms with Crippen LogP contribution in [0.15, 0.2) is 35.3 Å². The fraction of sp³-hybridized carbons (Fsp3) is 0.231. The summed E-state index contributed by atoms with van der Waals surface area (Å²) in [6, 6.07) is 7.83. The Labute approximate surface area is 113 Å². The Balaban J connectivity index is 2.36. The van der Waals surface area contributed by atoms with Gasteiger partial charge in [0.1, 0.15) is 0 Å². The van der Waals surface area contributed by atoms with Crippen LogP contribution in [0.4, 0.5) is 0 Å². The van der Waals surface area contributed by atoms with E-state index in [0.717, 1.165) is 15.2 Å². The van der Waals surface area contributed by atoms with E-state index in [4.69, 9.17) is 11.6 Å². The Morgan fingerprint density at radius 3 is 3.00 bits per heavy atom. The zero-order chi connectivity index (χ0) is 12.7. The molecule has 0 radical (unpaired) electrons. The molecule has 1 aromatic carbocycles. The van der Waals surface area contributed by atoms with Crippen LogP contribution in [-0.4, -0.2) is 14.8 Å². The van der Waals surface area contributed by atoms with E-state index >= 15 is 0 Å². The molecule has 0 aliphatic rings. The zero-order valence-corrected chi connectivity index (χ0v) is 11.3. The van der Waals surface area contributed by atoms with Crippen molar-refractivity contribution in [2.24, 2.45) is 0 Å². The number of para-hydroxylation sites is 1. The maximum atomic E-state index is 12.4. The average Bonchev–Trinajstić information content (AvgIpc) is 2.71. The number of fused-ring (bicyclic) bond motifs is 3. The first-order chi connectivity index (χ1) is 8.66. The molecular formula is C13H11ClN2OS. The number of alkyl halides is 1. The summed E-state index contributed by atoms with van der Waals surface area (Å²) < 4.78 is 2.74. The molecular weight excluding hydrogens is 268 g/mol. The molecule has 18 heavy (non-hydrogen) atoms. The van der Waals surface area contributed by atoms with Gasteiger partial charge in [-0.05, 0) is 25.5 Å². The van der Waals surface area contributed by atoms with Gasteiger partial charge in [0.2, 0.25) is 0 Å². The van der Waals surface area contributed by atoms with Crippen molar-refractivity contribution >= 4 is 38.1 Å². The number of nitrogens with zero attached hydrogens (tertiary/aromatic N) is 2. The van der Waals surface area contributed by atoms with Crippen molar-refractivity contribution < 1.29 is 0 Å².